The fourth-order valence-corrected chi connectivity index (χ4v) is 2.40. The average molecular weight is 214 g/mol. The number of halogens is 1. The van der Waals surface area contributed by atoms with Crippen LogP contribution in [-0.2, 0) is 0 Å². The highest BCUT2D eigenvalue weighted by molar-refractivity contribution is 7.80. The number of hydrogen-bond acceptors (Lipinski definition) is 3. The van der Waals surface area contributed by atoms with Crippen molar-refractivity contribution in [3.63, 3.8) is 0 Å². The van der Waals surface area contributed by atoms with Gasteiger partial charge in [-0.1, -0.05) is 0 Å². The zero-order chi connectivity index (χ0) is 9.42. The van der Waals surface area contributed by atoms with Crippen LogP contribution >= 0.6 is 24.0 Å². The summed E-state index contributed by atoms with van der Waals surface area (Å²) in [4.78, 5) is 0.753. The van der Waals surface area contributed by atoms with Crippen LogP contribution in [0.15, 0.2) is 22.4 Å². The van der Waals surface area contributed by atoms with E-state index in [4.69, 9.17) is 4.74 Å². The molecule has 0 saturated heterocycles. The van der Waals surface area contributed by atoms with Crippen LogP contribution in [0.25, 0.3) is 10.1 Å². The van der Waals surface area contributed by atoms with Gasteiger partial charge >= 0.3 is 0 Å². The molecule has 0 atom stereocenters. The molecule has 1 aromatic carbocycles. The lowest BCUT2D eigenvalue weighted by Crippen LogP contribution is -1.82. The highest BCUT2D eigenvalue weighted by atomic mass is 32.1. The quantitative estimate of drug-likeness (QED) is 0.716. The molecule has 0 spiro atoms. The van der Waals surface area contributed by atoms with Gasteiger partial charge in [0.2, 0.25) is 0 Å². The average Bonchev–Trinajstić information content (AvgIpc) is 2.48. The van der Waals surface area contributed by atoms with Crippen LogP contribution in [0.5, 0.6) is 5.75 Å². The third-order valence-corrected chi connectivity index (χ3v) is 3.32. The highest BCUT2D eigenvalue weighted by Gasteiger charge is 2.07. The SMILES string of the molecule is COc1cc(S)c2scc(F)c2c1. The van der Waals surface area contributed by atoms with Gasteiger partial charge < -0.3 is 4.74 Å². The smallest absolute Gasteiger partial charge is 0.141 e. The van der Waals surface area contributed by atoms with Gasteiger partial charge in [-0.2, -0.15) is 0 Å². The van der Waals surface area contributed by atoms with Crippen molar-refractivity contribution in [2.75, 3.05) is 7.11 Å². The van der Waals surface area contributed by atoms with E-state index in [1.54, 1.807) is 19.2 Å². The van der Waals surface area contributed by atoms with Crippen molar-refractivity contribution in [2.45, 2.75) is 4.90 Å². The van der Waals surface area contributed by atoms with Crippen molar-refractivity contribution in [3.05, 3.63) is 23.3 Å². The minimum absolute atomic E-state index is 0.214. The van der Waals surface area contributed by atoms with E-state index in [1.165, 1.54) is 16.7 Å². The van der Waals surface area contributed by atoms with Crippen LogP contribution < -0.4 is 4.74 Å². The first-order chi connectivity index (χ1) is 6.22. The van der Waals surface area contributed by atoms with Gasteiger partial charge in [-0.05, 0) is 12.1 Å². The molecule has 0 unspecified atom stereocenters. The fourth-order valence-electron chi connectivity index (χ4n) is 1.18. The summed E-state index contributed by atoms with van der Waals surface area (Å²) in [6.07, 6.45) is 0. The number of hydrogen-bond donors (Lipinski definition) is 1. The molecule has 0 aliphatic carbocycles. The molecule has 68 valence electrons. The molecule has 0 N–H and O–H groups in total. The van der Waals surface area contributed by atoms with E-state index in [0.29, 0.717) is 11.1 Å². The molecular formula is C9H7FOS2. The minimum Gasteiger partial charge on any atom is -0.497 e. The number of rotatable bonds is 1. The second-order valence-corrected chi connectivity index (χ2v) is 3.97. The second kappa shape index (κ2) is 3.20. The lowest BCUT2D eigenvalue weighted by Gasteiger charge is -2.01. The van der Waals surface area contributed by atoms with Crippen molar-refractivity contribution < 1.29 is 9.13 Å². The number of ether oxygens (including phenoxy) is 1. The van der Waals surface area contributed by atoms with E-state index in [9.17, 15) is 4.39 Å². The van der Waals surface area contributed by atoms with E-state index in [2.05, 4.69) is 12.6 Å². The molecule has 0 fully saturated rings. The summed E-state index contributed by atoms with van der Waals surface area (Å²) in [6, 6.07) is 3.46. The zero-order valence-electron chi connectivity index (χ0n) is 6.87. The minimum atomic E-state index is -0.214. The first-order valence-electron chi connectivity index (χ1n) is 3.66. The van der Waals surface area contributed by atoms with Crippen LogP contribution in [-0.4, -0.2) is 7.11 Å². The third kappa shape index (κ3) is 1.40. The normalized spacial score (nSPS) is 10.7. The molecule has 0 aliphatic heterocycles. The molecule has 13 heavy (non-hydrogen) atoms. The standard InChI is InChI=1S/C9H7FOS2/c1-11-5-2-6-7(10)4-13-9(6)8(12)3-5/h2-4,12H,1H3. The maximum absolute atomic E-state index is 13.2. The van der Waals surface area contributed by atoms with E-state index in [0.717, 1.165) is 9.60 Å². The summed E-state index contributed by atoms with van der Waals surface area (Å²) < 4.78 is 19.0. The van der Waals surface area contributed by atoms with Crippen molar-refractivity contribution in [1.29, 1.82) is 0 Å². The molecule has 1 aromatic heterocycles. The molecule has 1 nitrogen and oxygen atoms in total. The highest BCUT2D eigenvalue weighted by Crippen LogP contribution is 2.33. The predicted octanol–water partition coefficient (Wildman–Crippen LogP) is 3.34. The molecule has 2 aromatic rings. The van der Waals surface area contributed by atoms with Crippen molar-refractivity contribution in [2.24, 2.45) is 0 Å². The van der Waals surface area contributed by atoms with Crippen molar-refractivity contribution in [3.8, 4) is 5.75 Å². The topological polar surface area (TPSA) is 9.23 Å². The van der Waals surface area contributed by atoms with Gasteiger partial charge in [-0.25, -0.2) is 4.39 Å². The molecular weight excluding hydrogens is 207 g/mol. The Kier molecular flexibility index (Phi) is 2.17. The molecule has 4 heteroatoms. The summed E-state index contributed by atoms with van der Waals surface area (Å²) in [5.74, 6) is 0.420. The van der Waals surface area contributed by atoms with Crippen LogP contribution in [0.1, 0.15) is 0 Å². The number of thiol groups is 1. The van der Waals surface area contributed by atoms with E-state index >= 15 is 0 Å². The summed E-state index contributed by atoms with van der Waals surface area (Å²) in [7, 11) is 1.55. The number of benzene rings is 1. The van der Waals surface area contributed by atoms with Gasteiger partial charge in [0.15, 0.2) is 0 Å². The van der Waals surface area contributed by atoms with Gasteiger partial charge in [0.25, 0.3) is 0 Å². The van der Waals surface area contributed by atoms with Crippen molar-refractivity contribution in [1.82, 2.24) is 0 Å². The monoisotopic (exact) mass is 214 g/mol. The summed E-state index contributed by atoms with van der Waals surface area (Å²) >= 11 is 5.60. The molecule has 0 bridgehead atoms. The van der Waals surface area contributed by atoms with Gasteiger partial charge in [0, 0.05) is 15.7 Å². The van der Waals surface area contributed by atoms with Gasteiger partial charge in [0.05, 0.1) is 11.8 Å². The molecule has 1 heterocycles. The Morgan fingerprint density at radius 3 is 2.92 bits per heavy atom. The van der Waals surface area contributed by atoms with Crippen LogP contribution in [0.4, 0.5) is 4.39 Å². The Bertz CT molecular complexity index is 450. The maximum atomic E-state index is 13.2. The largest absolute Gasteiger partial charge is 0.497 e. The lowest BCUT2D eigenvalue weighted by molar-refractivity contribution is 0.414. The Morgan fingerprint density at radius 2 is 2.23 bits per heavy atom. The van der Waals surface area contributed by atoms with Gasteiger partial charge in [0.1, 0.15) is 11.6 Å². The predicted molar refractivity (Wildman–Crippen MR) is 55.6 cm³/mol. The number of thiophene rings is 1. The lowest BCUT2D eigenvalue weighted by atomic mass is 10.2. The van der Waals surface area contributed by atoms with Gasteiger partial charge in [-0.15, -0.1) is 24.0 Å². The van der Waals surface area contributed by atoms with Gasteiger partial charge in [-0.3, -0.25) is 0 Å². The van der Waals surface area contributed by atoms with E-state index in [-0.39, 0.29) is 5.82 Å². The Labute approximate surface area is 84.6 Å². The zero-order valence-corrected chi connectivity index (χ0v) is 8.58. The molecule has 0 saturated carbocycles. The summed E-state index contributed by atoms with van der Waals surface area (Å²) in [5.41, 5.74) is 0. The second-order valence-electron chi connectivity index (χ2n) is 2.61. The summed E-state index contributed by atoms with van der Waals surface area (Å²) in [5, 5.41) is 2.05. The van der Waals surface area contributed by atoms with Crippen LogP contribution in [0.3, 0.4) is 0 Å². The first-order valence-corrected chi connectivity index (χ1v) is 4.99. The van der Waals surface area contributed by atoms with Crippen LogP contribution in [0.2, 0.25) is 0 Å². The van der Waals surface area contributed by atoms with E-state index in [1.807, 2.05) is 0 Å². The van der Waals surface area contributed by atoms with E-state index < -0.39 is 0 Å². The Morgan fingerprint density at radius 1 is 1.46 bits per heavy atom. The summed E-state index contributed by atoms with van der Waals surface area (Å²) in [6.45, 7) is 0. The maximum Gasteiger partial charge on any atom is 0.141 e. The van der Waals surface area contributed by atoms with Crippen molar-refractivity contribution >= 4 is 34.1 Å². The van der Waals surface area contributed by atoms with Crippen LogP contribution in [0, 0.1) is 5.82 Å². The first kappa shape index (κ1) is 8.84. The third-order valence-electron chi connectivity index (χ3n) is 1.82. The molecule has 2 rings (SSSR count). The molecule has 0 aliphatic rings. The Balaban J connectivity index is 2.80. The Hall–Kier alpha value is -0.740. The molecule has 0 amide bonds. The number of fused-ring (bicyclic) bond motifs is 1. The fraction of sp³-hybridized carbons (Fsp3) is 0.111. The number of methoxy groups -OCH3 is 1. The molecule has 0 radical (unpaired) electrons.